The van der Waals surface area contributed by atoms with Crippen LogP contribution in [0.1, 0.15) is 18.4 Å². The third-order valence-electron chi connectivity index (χ3n) is 4.88. The maximum absolute atomic E-state index is 12.8. The Hall–Kier alpha value is -2.64. The summed E-state index contributed by atoms with van der Waals surface area (Å²) in [4.78, 5) is 25.5. The van der Waals surface area contributed by atoms with E-state index in [-0.39, 0.29) is 17.5 Å². The highest BCUT2D eigenvalue weighted by molar-refractivity contribution is 6.31. The molecule has 28 heavy (non-hydrogen) atoms. The number of likely N-dealkylation sites (tertiary alicyclic amines) is 1. The lowest BCUT2D eigenvalue weighted by Gasteiger charge is -2.32. The van der Waals surface area contributed by atoms with Crippen molar-refractivity contribution in [3.05, 3.63) is 63.2 Å². The standard InChI is InChI=1S/C20H22ClN3O4/c1-28-19-9-8-16(24(26)27)11-18(19)22-20(25)15-6-4-10-23(13-15)12-14-5-2-3-7-17(14)21/h2-3,5,7-9,11,15H,4,6,10,12-13H2,1H3,(H,22,25)/t15-/m1/s1. The number of benzene rings is 2. The molecular weight excluding hydrogens is 382 g/mol. The summed E-state index contributed by atoms with van der Waals surface area (Å²) < 4.78 is 5.22. The number of carbonyl (C=O) groups excluding carboxylic acids is 1. The van der Waals surface area contributed by atoms with Crippen LogP contribution in [-0.2, 0) is 11.3 Å². The predicted molar refractivity (Wildman–Crippen MR) is 108 cm³/mol. The maximum atomic E-state index is 12.8. The van der Waals surface area contributed by atoms with Gasteiger partial charge in [-0.25, -0.2) is 0 Å². The van der Waals surface area contributed by atoms with Crippen LogP contribution in [0.15, 0.2) is 42.5 Å². The SMILES string of the molecule is COc1ccc([N+](=O)[O-])cc1NC(=O)[C@@H]1CCCN(Cc2ccccc2Cl)C1. The molecule has 2 aromatic rings. The minimum absolute atomic E-state index is 0.0971. The van der Waals surface area contributed by atoms with Crippen molar-refractivity contribution < 1.29 is 14.5 Å². The normalized spacial score (nSPS) is 17.1. The molecule has 1 N–H and O–H groups in total. The number of amides is 1. The van der Waals surface area contributed by atoms with E-state index in [1.807, 2.05) is 24.3 Å². The zero-order valence-electron chi connectivity index (χ0n) is 15.6. The Morgan fingerprint density at radius 1 is 1.36 bits per heavy atom. The second kappa shape index (κ2) is 9.03. The number of halogens is 1. The van der Waals surface area contributed by atoms with Crippen molar-refractivity contribution in [3.63, 3.8) is 0 Å². The highest BCUT2D eigenvalue weighted by atomic mass is 35.5. The molecule has 1 saturated heterocycles. The molecule has 0 saturated carbocycles. The van der Waals surface area contributed by atoms with Crippen LogP contribution >= 0.6 is 11.6 Å². The number of nitrogens with zero attached hydrogens (tertiary/aromatic N) is 2. The summed E-state index contributed by atoms with van der Waals surface area (Å²) >= 11 is 6.25. The number of piperidine rings is 1. The largest absolute Gasteiger partial charge is 0.495 e. The molecule has 1 fully saturated rings. The number of ether oxygens (including phenoxy) is 1. The van der Waals surface area contributed by atoms with Crippen LogP contribution in [0.3, 0.4) is 0 Å². The summed E-state index contributed by atoms with van der Waals surface area (Å²) in [6.07, 6.45) is 1.66. The average Bonchev–Trinajstić information content (AvgIpc) is 2.70. The van der Waals surface area contributed by atoms with Gasteiger partial charge in [0.05, 0.1) is 23.6 Å². The Bertz CT molecular complexity index is 874. The summed E-state index contributed by atoms with van der Waals surface area (Å²) in [7, 11) is 1.46. The second-order valence-corrected chi connectivity index (χ2v) is 7.20. The lowest BCUT2D eigenvalue weighted by molar-refractivity contribution is -0.384. The number of nitrogens with one attached hydrogen (secondary N) is 1. The van der Waals surface area contributed by atoms with Crippen LogP contribution in [0.2, 0.25) is 5.02 Å². The van der Waals surface area contributed by atoms with Gasteiger partial charge >= 0.3 is 0 Å². The van der Waals surface area contributed by atoms with Crippen LogP contribution < -0.4 is 10.1 Å². The Labute approximate surface area is 168 Å². The van der Waals surface area contributed by atoms with Crippen molar-refractivity contribution in [2.45, 2.75) is 19.4 Å². The topological polar surface area (TPSA) is 84.7 Å². The number of hydrogen-bond donors (Lipinski definition) is 1. The van der Waals surface area contributed by atoms with Gasteiger partial charge in [-0.2, -0.15) is 0 Å². The van der Waals surface area contributed by atoms with Crippen molar-refractivity contribution in [2.75, 3.05) is 25.5 Å². The zero-order chi connectivity index (χ0) is 20.1. The van der Waals surface area contributed by atoms with Gasteiger partial charge in [0.15, 0.2) is 0 Å². The molecule has 0 unspecified atom stereocenters. The van der Waals surface area contributed by atoms with Gasteiger partial charge in [-0.1, -0.05) is 29.8 Å². The van der Waals surface area contributed by atoms with Crippen molar-refractivity contribution in [1.29, 1.82) is 0 Å². The van der Waals surface area contributed by atoms with Gasteiger partial charge in [0.2, 0.25) is 5.91 Å². The summed E-state index contributed by atoms with van der Waals surface area (Å²) in [5.74, 6) is 0.0190. The minimum atomic E-state index is -0.499. The number of hydrogen-bond acceptors (Lipinski definition) is 5. The molecule has 3 rings (SSSR count). The van der Waals surface area contributed by atoms with E-state index < -0.39 is 4.92 Å². The fourth-order valence-electron chi connectivity index (χ4n) is 3.42. The van der Waals surface area contributed by atoms with E-state index in [0.29, 0.717) is 24.5 Å². The first-order chi connectivity index (χ1) is 13.5. The van der Waals surface area contributed by atoms with E-state index in [9.17, 15) is 14.9 Å². The quantitative estimate of drug-likeness (QED) is 0.579. The van der Waals surface area contributed by atoms with Gasteiger partial charge in [0.25, 0.3) is 5.69 Å². The molecule has 0 radical (unpaired) electrons. The zero-order valence-corrected chi connectivity index (χ0v) is 16.3. The van der Waals surface area contributed by atoms with Crippen LogP contribution in [-0.4, -0.2) is 35.9 Å². The molecule has 0 spiro atoms. The number of nitro groups is 1. The Morgan fingerprint density at radius 3 is 2.86 bits per heavy atom. The summed E-state index contributed by atoms with van der Waals surface area (Å²) in [5, 5.41) is 14.5. The number of rotatable bonds is 6. The monoisotopic (exact) mass is 403 g/mol. The second-order valence-electron chi connectivity index (χ2n) is 6.80. The van der Waals surface area contributed by atoms with Crippen molar-refractivity contribution >= 4 is 28.9 Å². The number of non-ortho nitro benzene ring substituents is 1. The van der Waals surface area contributed by atoms with Gasteiger partial charge in [-0.05, 0) is 37.1 Å². The molecule has 2 aromatic carbocycles. The number of methoxy groups -OCH3 is 1. The van der Waals surface area contributed by atoms with E-state index in [4.69, 9.17) is 16.3 Å². The maximum Gasteiger partial charge on any atom is 0.271 e. The lowest BCUT2D eigenvalue weighted by atomic mass is 9.96. The molecule has 1 aliphatic heterocycles. The van der Waals surface area contributed by atoms with E-state index >= 15 is 0 Å². The van der Waals surface area contributed by atoms with Gasteiger partial charge in [-0.15, -0.1) is 0 Å². The molecule has 1 aliphatic rings. The van der Waals surface area contributed by atoms with Gasteiger partial charge < -0.3 is 10.1 Å². The fraction of sp³-hybridized carbons (Fsp3) is 0.350. The Morgan fingerprint density at radius 2 is 2.14 bits per heavy atom. The van der Waals surface area contributed by atoms with Crippen LogP contribution in [0.25, 0.3) is 0 Å². The average molecular weight is 404 g/mol. The van der Waals surface area contributed by atoms with Gasteiger partial charge in [0.1, 0.15) is 5.75 Å². The summed E-state index contributed by atoms with van der Waals surface area (Å²) in [5.41, 5.74) is 1.25. The van der Waals surface area contributed by atoms with Crippen LogP contribution in [0.5, 0.6) is 5.75 Å². The molecule has 148 valence electrons. The number of carbonyl (C=O) groups is 1. The van der Waals surface area contributed by atoms with Crippen molar-refractivity contribution in [3.8, 4) is 5.75 Å². The Kier molecular flexibility index (Phi) is 6.49. The molecule has 1 heterocycles. The first-order valence-electron chi connectivity index (χ1n) is 9.07. The van der Waals surface area contributed by atoms with Crippen molar-refractivity contribution in [1.82, 2.24) is 4.90 Å². The summed E-state index contributed by atoms with van der Waals surface area (Å²) in [6, 6.07) is 11.8. The minimum Gasteiger partial charge on any atom is -0.495 e. The highest BCUT2D eigenvalue weighted by Crippen LogP contribution is 2.30. The molecular formula is C20H22ClN3O4. The first kappa shape index (κ1) is 20.1. The van der Waals surface area contributed by atoms with Crippen LogP contribution in [0, 0.1) is 16.0 Å². The smallest absolute Gasteiger partial charge is 0.271 e. The molecule has 8 heteroatoms. The lowest BCUT2D eigenvalue weighted by Crippen LogP contribution is -2.40. The molecule has 7 nitrogen and oxygen atoms in total. The van der Waals surface area contributed by atoms with Crippen molar-refractivity contribution in [2.24, 2.45) is 5.92 Å². The first-order valence-corrected chi connectivity index (χ1v) is 9.44. The van der Waals surface area contributed by atoms with Gasteiger partial charge in [0, 0.05) is 30.2 Å². The van der Waals surface area contributed by atoms with E-state index in [1.54, 1.807) is 0 Å². The molecule has 1 atom stereocenters. The number of anilines is 1. The predicted octanol–water partition coefficient (Wildman–Crippen LogP) is 4.11. The third kappa shape index (κ3) is 4.79. The third-order valence-corrected chi connectivity index (χ3v) is 5.25. The van der Waals surface area contributed by atoms with E-state index in [1.165, 1.54) is 25.3 Å². The van der Waals surface area contributed by atoms with E-state index in [2.05, 4.69) is 10.2 Å². The fourth-order valence-corrected chi connectivity index (χ4v) is 3.62. The van der Waals surface area contributed by atoms with Gasteiger partial charge in [-0.3, -0.25) is 19.8 Å². The van der Waals surface area contributed by atoms with Crippen LogP contribution in [0.4, 0.5) is 11.4 Å². The Balaban J connectivity index is 1.68. The number of nitro benzene ring substituents is 1. The molecule has 1 amide bonds. The molecule has 0 aliphatic carbocycles. The molecule has 0 aromatic heterocycles. The van der Waals surface area contributed by atoms with E-state index in [0.717, 1.165) is 30.0 Å². The summed E-state index contributed by atoms with van der Waals surface area (Å²) in [6.45, 7) is 2.19. The molecule has 0 bridgehead atoms. The highest BCUT2D eigenvalue weighted by Gasteiger charge is 2.27.